The van der Waals surface area contributed by atoms with Crippen molar-refractivity contribution in [3.05, 3.63) is 71.2 Å². The lowest BCUT2D eigenvalue weighted by Crippen LogP contribution is -2.37. The van der Waals surface area contributed by atoms with Crippen molar-refractivity contribution in [1.82, 2.24) is 10.3 Å². The second-order valence-corrected chi connectivity index (χ2v) is 7.92. The standard InChI is InChI=1S/C24H20ClN3O4S/c1-14-5-3-4-6-19(14)31-13-22(29)28-24(33)26-16-8-10-21-18(12-16)27-23(32-21)15-7-9-20(30-2)17(25)11-15/h3-12H,13H2,1-2H3,(H2,26,28,29,33). The molecule has 0 atom stereocenters. The summed E-state index contributed by atoms with van der Waals surface area (Å²) < 4.78 is 16.5. The number of nitrogens with one attached hydrogen (secondary N) is 2. The first-order valence-corrected chi connectivity index (χ1v) is 10.8. The van der Waals surface area contributed by atoms with Gasteiger partial charge in [0.05, 0.1) is 12.1 Å². The Morgan fingerprint density at radius 1 is 1.12 bits per heavy atom. The van der Waals surface area contributed by atoms with Gasteiger partial charge in [-0.3, -0.25) is 10.1 Å². The van der Waals surface area contributed by atoms with Crippen LogP contribution in [0.3, 0.4) is 0 Å². The predicted octanol–water partition coefficient (Wildman–Crippen LogP) is 5.36. The molecule has 0 aliphatic carbocycles. The minimum Gasteiger partial charge on any atom is -0.495 e. The van der Waals surface area contributed by atoms with Crippen LogP contribution in [-0.2, 0) is 4.79 Å². The Morgan fingerprint density at radius 3 is 2.70 bits per heavy atom. The predicted molar refractivity (Wildman–Crippen MR) is 132 cm³/mol. The van der Waals surface area contributed by atoms with Gasteiger partial charge in [0.2, 0.25) is 5.89 Å². The molecule has 168 valence electrons. The SMILES string of the molecule is COc1ccc(-c2nc3cc(NC(=S)NC(=O)COc4ccccc4C)ccc3o2)cc1Cl. The molecule has 0 fully saturated rings. The monoisotopic (exact) mass is 481 g/mol. The van der Waals surface area contributed by atoms with Crippen LogP contribution in [0.15, 0.2) is 65.1 Å². The normalized spacial score (nSPS) is 10.6. The number of thiocarbonyl (C=S) groups is 1. The molecule has 0 saturated carbocycles. The number of halogens is 1. The Bertz CT molecular complexity index is 1340. The number of benzene rings is 3. The molecule has 0 saturated heterocycles. The smallest absolute Gasteiger partial charge is 0.264 e. The van der Waals surface area contributed by atoms with Crippen molar-refractivity contribution in [3.8, 4) is 23.0 Å². The highest BCUT2D eigenvalue weighted by Crippen LogP contribution is 2.32. The fourth-order valence-electron chi connectivity index (χ4n) is 3.11. The van der Waals surface area contributed by atoms with Gasteiger partial charge < -0.3 is 19.2 Å². The second kappa shape index (κ2) is 9.89. The van der Waals surface area contributed by atoms with Crippen LogP contribution in [0, 0.1) is 6.92 Å². The Kier molecular flexibility index (Phi) is 6.76. The number of rotatable bonds is 6. The lowest BCUT2D eigenvalue weighted by molar-refractivity contribution is -0.121. The van der Waals surface area contributed by atoms with Gasteiger partial charge in [-0.2, -0.15) is 0 Å². The number of aryl methyl sites for hydroxylation is 1. The number of ether oxygens (including phenoxy) is 2. The van der Waals surface area contributed by atoms with Crippen LogP contribution in [0.4, 0.5) is 5.69 Å². The number of amides is 1. The Labute approximate surface area is 200 Å². The van der Waals surface area contributed by atoms with Gasteiger partial charge in [0.25, 0.3) is 5.91 Å². The molecule has 1 amide bonds. The number of oxazole rings is 1. The lowest BCUT2D eigenvalue weighted by atomic mass is 10.2. The first-order valence-electron chi connectivity index (χ1n) is 9.96. The van der Waals surface area contributed by atoms with Gasteiger partial charge in [-0.15, -0.1) is 0 Å². The van der Waals surface area contributed by atoms with Crippen LogP contribution in [0.5, 0.6) is 11.5 Å². The van der Waals surface area contributed by atoms with Crippen molar-refractivity contribution in [2.75, 3.05) is 19.0 Å². The summed E-state index contributed by atoms with van der Waals surface area (Å²) in [6, 6.07) is 18.1. The molecule has 0 bridgehead atoms. The minimum absolute atomic E-state index is 0.150. The van der Waals surface area contributed by atoms with E-state index >= 15 is 0 Å². The molecule has 0 unspecified atom stereocenters. The van der Waals surface area contributed by atoms with E-state index in [2.05, 4.69) is 15.6 Å². The van der Waals surface area contributed by atoms with E-state index < -0.39 is 0 Å². The van der Waals surface area contributed by atoms with Crippen molar-refractivity contribution in [2.24, 2.45) is 0 Å². The summed E-state index contributed by atoms with van der Waals surface area (Å²) >= 11 is 11.4. The zero-order chi connectivity index (χ0) is 23.4. The van der Waals surface area contributed by atoms with Crippen LogP contribution < -0.4 is 20.1 Å². The highest BCUT2D eigenvalue weighted by Gasteiger charge is 2.12. The summed E-state index contributed by atoms with van der Waals surface area (Å²) in [6.07, 6.45) is 0. The molecular formula is C24H20ClN3O4S. The average Bonchev–Trinajstić information content (AvgIpc) is 3.22. The lowest BCUT2D eigenvalue weighted by Gasteiger charge is -2.11. The zero-order valence-corrected chi connectivity index (χ0v) is 19.4. The number of fused-ring (bicyclic) bond motifs is 1. The second-order valence-electron chi connectivity index (χ2n) is 7.11. The molecule has 3 aromatic carbocycles. The maximum atomic E-state index is 12.2. The first-order chi connectivity index (χ1) is 15.9. The number of anilines is 1. The topological polar surface area (TPSA) is 85.6 Å². The van der Waals surface area contributed by atoms with E-state index in [1.54, 1.807) is 43.5 Å². The number of hydrogen-bond donors (Lipinski definition) is 2. The molecule has 1 heterocycles. The minimum atomic E-state index is -0.364. The van der Waals surface area contributed by atoms with Crippen LogP contribution in [0.25, 0.3) is 22.6 Å². The third-order valence-electron chi connectivity index (χ3n) is 4.75. The van der Waals surface area contributed by atoms with Crippen LogP contribution in [0.1, 0.15) is 5.56 Å². The van der Waals surface area contributed by atoms with E-state index in [1.165, 1.54) is 0 Å². The molecule has 9 heteroatoms. The molecule has 4 aromatic rings. The Morgan fingerprint density at radius 2 is 1.94 bits per heavy atom. The molecule has 0 spiro atoms. The molecule has 4 rings (SSSR count). The van der Waals surface area contributed by atoms with Crippen molar-refractivity contribution in [1.29, 1.82) is 0 Å². The molecule has 33 heavy (non-hydrogen) atoms. The van der Waals surface area contributed by atoms with Gasteiger partial charge in [0.1, 0.15) is 17.0 Å². The molecule has 0 aliphatic rings. The van der Waals surface area contributed by atoms with E-state index in [4.69, 9.17) is 37.7 Å². The average molecular weight is 482 g/mol. The fourth-order valence-corrected chi connectivity index (χ4v) is 3.60. The zero-order valence-electron chi connectivity index (χ0n) is 17.8. The Hall–Kier alpha value is -3.62. The number of methoxy groups -OCH3 is 1. The molecule has 1 aromatic heterocycles. The first kappa shape index (κ1) is 22.6. The maximum Gasteiger partial charge on any atom is 0.264 e. The highest BCUT2D eigenvalue weighted by atomic mass is 35.5. The summed E-state index contributed by atoms with van der Waals surface area (Å²) in [6.45, 7) is 1.76. The number of para-hydroxylation sites is 1. The molecular weight excluding hydrogens is 462 g/mol. The summed E-state index contributed by atoms with van der Waals surface area (Å²) in [5.74, 6) is 1.28. The van der Waals surface area contributed by atoms with Crippen molar-refractivity contribution in [3.63, 3.8) is 0 Å². The van der Waals surface area contributed by atoms with Gasteiger partial charge in [-0.1, -0.05) is 29.8 Å². The Balaban J connectivity index is 1.39. The molecule has 0 radical (unpaired) electrons. The number of carbonyl (C=O) groups excluding carboxylic acids is 1. The van der Waals surface area contributed by atoms with Crippen LogP contribution in [-0.4, -0.2) is 29.7 Å². The maximum absolute atomic E-state index is 12.2. The van der Waals surface area contributed by atoms with Crippen LogP contribution >= 0.6 is 23.8 Å². The van der Waals surface area contributed by atoms with Gasteiger partial charge in [0, 0.05) is 11.3 Å². The largest absolute Gasteiger partial charge is 0.495 e. The van der Waals surface area contributed by atoms with Crippen molar-refractivity contribution < 1.29 is 18.7 Å². The summed E-state index contributed by atoms with van der Waals surface area (Å²) in [5, 5.41) is 6.19. The molecule has 2 N–H and O–H groups in total. The number of nitrogens with zero attached hydrogens (tertiary/aromatic N) is 1. The summed E-state index contributed by atoms with van der Waals surface area (Å²) in [7, 11) is 1.55. The molecule has 0 aliphatic heterocycles. The van der Waals surface area contributed by atoms with E-state index in [1.807, 2.05) is 31.2 Å². The van der Waals surface area contributed by atoms with Gasteiger partial charge in [-0.25, -0.2) is 4.98 Å². The van der Waals surface area contributed by atoms with Crippen molar-refractivity contribution >= 4 is 51.6 Å². The summed E-state index contributed by atoms with van der Waals surface area (Å²) in [5.41, 5.74) is 3.55. The van der Waals surface area contributed by atoms with Gasteiger partial charge in [0.15, 0.2) is 17.3 Å². The number of aromatic nitrogens is 1. The fraction of sp³-hybridized carbons (Fsp3) is 0.125. The number of carbonyl (C=O) groups is 1. The van der Waals surface area contributed by atoms with Crippen LogP contribution in [0.2, 0.25) is 5.02 Å². The highest BCUT2D eigenvalue weighted by molar-refractivity contribution is 7.80. The molecule has 7 nitrogen and oxygen atoms in total. The van der Waals surface area contributed by atoms with E-state index in [0.717, 1.165) is 11.1 Å². The van der Waals surface area contributed by atoms with E-state index in [0.29, 0.717) is 39.2 Å². The van der Waals surface area contributed by atoms with Crippen molar-refractivity contribution in [2.45, 2.75) is 6.92 Å². The summed E-state index contributed by atoms with van der Waals surface area (Å²) in [4.78, 5) is 16.7. The van der Waals surface area contributed by atoms with E-state index in [9.17, 15) is 4.79 Å². The van der Waals surface area contributed by atoms with Gasteiger partial charge >= 0.3 is 0 Å². The third kappa shape index (κ3) is 5.42. The van der Waals surface area contributed by atoms with E-state index in [-0.39, 0.29) is 17.6 Å². The van der Waals surface area contributed by atoms with Gasteiger partial charge in [-0.05, 0) is 67.2 Å². The third-order valence-corrected chi connectivity index (χ3v) is 5.25. The quantitative estimate of drug-likeness (QED) is 0.359. The number of hydrogen-bond acceptors (Lipinski definition) is 6.